The normalized spacial score (nSPS) is 29.9. The molecule has 2 fully saturated rings. The molecule has 0 spiro atoms. The number of fused-ring (bicyclic) bond motifs is 2. The quantitative estimate of drug-likeness (QED) is 0.807. The van der Waals surface area contributed by atoms with Crippen molar-refractivity contribution >= 4 is 0 Å². The summed E-state index contributed by atoms with van der Waals surface area (Å²) in [5.41, 5.74) is 5.17. The largest absolute Gasteiger partial charge is 0.416 e. The van der Waals surface area contributed by atoms with Gasteiger partial charge in [0.1, 0.15) is 5.82 Å². The summed E-state index contributed by atoms with van der Waals surface area (Å²) >= 11 is 0. The minimum Gasteiger partial charge on any atom is -0.324 e. The Morgan fingerprint density at radius 2 is 1.95 bits per heavy atom. The van der Waals surface area contributed by atoms with Gasteiger partial charge < -0.3 is 5.73 Å². The van der Waals surface area contributed by atoms with Gasteiger partial charge in [-0.1, -0.05) is 6.42 Å². The van der Waals surface area contributed by atoms with Crippen LogP contribution in [0.2, 0.25) is 0 Å². The Bertz CT molecular complexity index is 525. The highest BCUT2D eigenvalue weighted by atomic mass is 19.4. The first-order chi connectivity index (χ1) is 9.84. The third kappa shape index (κ3) is 2.93. The molecule has 5 heteroatoms. The van der Waals surface area contributed by atoms with Crippen LogP contribution in [0.1, 0.15) is 49.3 Å². The number of benzene rings is 1. The van der Waals surface area contributed by atoms with Gasteiger partial charge in [0.2, 0.25) is 0 Å². The van der Waals surface area contributed by atoms with E-state index < -0.39 is 23.6 Å². The van der Waals surface area contributed by atoms with Gasteiger partial charge in [-0.15, -0.1) is 0 Å². The minimum atomic E-state index is -4.46. The predicted octanol–water partition coefficient (Wildman–Crippen LogP) is 4.67. The molecule has 2 aliphatic rings. The average molecular weight is 301 g/mol. The molecule has 0 aromatic heterocycles. The van der Waals surface area contributed by atoms with Crippen LogP contribution in [0.3, 0.4) is 0 Å². The maximum atomic E-state index is 13.8. The molecule has 1 aromatic carbocycles. The lowest BCUT2D eigenvalue weighted by Gasteiger charge is -2.25. The first-order valence-corrected chi connectivity index (χ1v) is 7.47. The average Bonchev–Trinajstić information content (AvgIpc) is 2.99. The van der Waals surface area contributed by atoms with Crippen molar-refractivity contribution < 1.29 is 17.6 Å². The Kier molecular flexibility index (Phi) is 3.72. The molecule has 0 aliphatic heterocycles. The van der Waals surface area contributed by atoms with Gasteiger partial charge in [0.25, 0.3) is 0 Å². The van der Waals surface area contributed by atoms with E-state index in [4.69, 9.17) is 5.73 Å². The van der Waals surface area contributed by atoms with Gasteiger partial charge in [-0.25, -0.2) is 4.39 Å². The van der Waals surface area contributed by atoms with Gasteiger partial charge >= 0.3 is 6.18 Å². The summed E-state index contributed by atoms with van der Waals surface area (Å²) in [4.78, 5) is 0. The second-order valence-electron chi connectivity index (χ2n) is 6.51. The Morgan fingerprint density at radius 1 is 1.19 bits per heavy atom. The van der Waals surface area contributed by atoms with Crippen molar-refractivity contribution in [3.8, 4) is 0 Å². The molecule has 0 saturated heterocycles. The number of halogens is 4. The topological polar surface area (TPSA) is 26.0 Å². The molecular formula is C16H19F4N. The Morgan fingerprint density at radius 3 is 2.52 bits per heavy atom. The molecule has 2 saturated carbocycles. The Labute approximate surface area is 121 Å². The number of nitrogens with two attached hydrogens (primary N) is 1. The van der Waals surface area contributed by atoms with Crippen molar-refractivity contribution in [2.24, 2.45) is 23.5 Å². The summed E-state index contributed by atoms with van der Waals surface area (Å²) in [7, 11) is 0. The fourth-order valence-corrected chi connectivity index (χ4v) is 4.12. The molecule has 2 bridgehead atoms. The van der Waals surface area contributed by atoms with Crippen molar-refractivity contribution in [1.29, 1.82) is 0 Å². The van der Waals surface area contributed by atoms with Gasteiger partial charge in [-0.2, -0.15) is 13.2 Å². The van der Waals surface area contributed by atoms with E-state index in [0.717, 1.165) is 30.5 Å². The zero-order chi connectivity index (χ0) is 15.2. The molecule has 4 atom stereocenters. The molecule has 4 unspecified atom stereocenters. The number of hydrogen-bond acceptors (Lipinski definition) is 1. The van der Waals surface area contributed by atoms with Gasteiger partial charge in [0.15, 0.2) is 0 Å². The molecule has 21 heavy (non-hydrogen) atoms. The van der Waals surface area contributed by atoms with Crippen LogP contribution >= 0.6 is 0 Å². The van der Waals surface area contributed by atoms with Crippen molar-refractivity contribution in [2.45, 2.75) is 44.3 Å². The van der Waals surface area contributed by atoms with E-state index in [1.54, 1.807) is 0 Å². The van der Waals surface area contributed by atoms with E-state index in [1.807, 2.05) is 0 Å². The minimum absolute atomic E-state index is 0.00685. The third-order valence-corrected chi connectivity index (χ3v) is 5.16. The van der Waals surface area contributed by atoms with E-state index in [9.17, 15) is 17.6 Å². The molecule has 1 nitrogen and oxygen atoms in total. The van der Waals surface area contributed by atoms with Gasteiger partial charge in [-0.05, 0) is 61.6 Å². The highest BCUT2D eigenvalue weighted by Gasteiger charge is 2.40. The van der Waals surface area contributed by atoms with Crippen LogP contribution in [0.5, 0.6) is 0 Å². The number of alkyl halides is 3. The number of rotatable bonds is 3. The molecular weight excluding hydrogens is 282 g/mol. The first kappa shape index (κ1) is 14.8. The van der Waals surface area contributed by atoms with Crippen molar-refractivity contribution in [3.05, 3.63) is 35.1 Å². The molecule has 3 rings (SSSR count). The second kappa shape index (κ2) is 5.27. The molecule has 1 aromatic rings. The smallest absolute Gasteiger partial charge is 0.324 e. The fourth-order valence-electron chi connectivity index (χ4n) is 4.12. The standard InChI is InChI=1S/C16H19F4N/c17-14-4-3-12(16(18,19)20)8-13(14)15(21)7-11-6-9-1-2-10(11)5-9/h3-4,8-11,15H,1-2,5-7,21H2. The zero-order valence-electron chi connectivity index (χ0n) is 11.7. The SMILES string of the molecule is NC(CC1CC2CCC1C2)c1cc(C(F)(F)F)ccc1F. The summed E-state index contributed by atoms with van der Waals surface area (Å²) in [5.74, 6) is 1.18. The zero-order valence-corrected chi connectivity index (χ0v) is 11.7. The first-order valence-electron chi connectivity index (χ1n) is 7.47. The predicted molar refractivity (Wildman–Crippen MR) is 71.9 cm³/mol. The summed E-state index contributed by atoms with van der Waals surface area (Å²) in [6.45, 7) is 0. The molecule has 2 N–H and O–H groups in total. The maximum absolute atomic E-state index is 13.8. The summed E-state index contributed by atoms with van der Waals surface area (Å²) in [5, 5.41) is 0. The Hall–Kier alpha value is -1.10. The van der Waals surface area contributed by atoms with E-state index in [2.05, 4.69) is 0 Å². The fraction of sp³-hybridized carbons (Fsp3) is 0.625. The molecule has 0 amide bonds. The summed E-state index contributed by atoms with van der Waals surface area (Å²) < 4.78 is 52.0. The number of hydrogen-bond donors (Lipinski definition) is 1. The highest BCUT2D eigenvalue weighted by molar-refractivity contribution is 5.29. The molecule has 0 heterocycles. The van der Waals surface area contributed by atoms with Crippen LogP contribution in [0.15, 0.2) is 18.2 Å². The lowest BCUT2D eigenvalue weighted by atomic mass is 9.83. The van der Waals surface area contributed by atoms with Gasteiger partial charge in [-0.3, -0.25) is 0 Å². The molecule has 0 radical (unpaired) electrons. The second-order valence-corrected chi connectivity index (χ2v) is 6.51. The Balaban J connectivity index is 1.76. The lowest BCUT2D eigenvalue weighted by molar-refractivity contribution is -0.137. The molecule has 116 valence electrons. The van der Waals surface area contributed by atoms with E-state index in [-0.39, 0.29) is 5.56 Å². The highest BCUT2D eigenvalue weighted by Crippen LogP contribution is 2.50. The summed E-state index contributed by atoms with van der Waals surface area (Å²) in [6, 6.07) is 1.85. The van der Waals surface area contributed by atoms with Crippen molar-refractivity contribution in [1.82, 2.24) is 0 Å². The van der Waals surface area contributed by atoms with Crippen LogP contribution in [-0.2, 0) is 6.18 Å². The molecule has 2 aliphatic carbocycles. The summed E-state index contributed by atoms with van der Waals surface area (Å²) in [6.07, 6.45) is 0.872. The van der Waals surface area contributed by atoms with E-state index >= 15 is 0 Å². The maximum Gasteiger partial charge on any atom is 0.416 e. The van der Waals surface area contributed by atoms with Crippen LogP contribution < -0.4 is 5.73 Å². The van der Waals surface area contributed by atoms with Crippen LogP contribution in [0, 0.1) is 23.6 Å². The van der Waals surface area contributed by atoms with Gasteiger partial charge in [0.05, 0.1) is 5.56 Å². The van der Waals surface area contributed by atoms with Crippen LogP contribution in [-0.4, -0.2) is 0 Å². The van der Waals surface area contributed by atoms with Crippen molar-refractivity contribution in [3.63, 3.8) is 0 Å². The third-order valence-electron chi connectivity index (χ3n) is 5.16. The van der Waals surface area contributed by atoms with Gasteiger partial charge in [0, 0.05) is 11.6 Å². The van der Waals surface area contributed by atoms with Crippen LogP contribution in [0.25, 0.3) is 0 Å². The lowest BCUT2D eigenvalue weighted by Crippen LogP contribution is -2.21. The monoisotopic (exact) mass is 301 g/mol. The van der Waals surface area contributed by atoms with Crippen LogP contribution in [0.4, 0.5) is 17.6 Å². The van der Waals surface area contributed by atoms with E-state index in [1.165, 1.54) is 19.3 Å². The van der Waals surface area contributed by atoms with E-state index in [0.29, 0.717) is 18.3 Å². The van der Waals surface area contributed by atoms with Crippen molar-refractivity contribution in [2.75, 3.05) is 0 Å².